The molecule has 1 aliphatic heterocycles. The SMILES string of the molecule is NC(Cc1nc(-c2ccccc2)cs1)C1CSCCS1. The average Bonchev–Trinajstić information content (AvgIpc) is 2.97. The summed E-state index contributed by atoms with van der Waals surface area (Å²) in [5.41, 5.74) is 8.62. The highest BCUT2D eigenvalue weighted by Crippen LogP contribution is 2.28. The van der Waals surface area contributed by atoms with Gasteiger partial charge in [-0.15, -0.1) is 11.3 Å². The number of hydrogen-bond acceptors (Lipinski definition) is 5. The second kappa shape index (κ2) is 6.98. The van der Waals surface area contributed by atoms with Gasteiger partial charge in [-0.25, -0.2) is 4.98 Å². The lowest BCUT2D eigenvalue weighted by molar-refractivity contribution is 0.662. The summed E-state index contributed by atoms with van der Waals surface area (Å²) < 4.78 is 0. The van der Waals surface area contributed by atoms with Crippen molar-refractivity contribution in [3.63, 3.8) is 0 Å². The van der Waals surface area contributed by atoms with E-state index in [2.05, 4.69) is 29.6 Å². The molecule has 1 aromatic heterocycles. The van der Waals surface area contributed by atoms with Crippen molar-refractivity contribution in [1.29, 1.82) is 0 Å². The molecule has 0 bridgehead atoms. The molecular formula is C15H18N2S3. The fourth-order valence-corrected chi connectivity index (χ4v) is 5.93. The van der Waals surface area contributed by atoms with E-state index in [1.165, 1.54) is 22.8 Å². The van der Waals surface area contributed by atoms with Crippen LogP contribution in [0.2, 0.25) is 0 Å². The Morgan fingerprint density at radius 3 is 2.85 bits per heavy atom. The number of nitrogens with two attached hydrogens (primary N) is 1. The molecule has 3 rings (SSSR count). The van der Waals surface area contributed by atoms with Crippen molar-refractivity contribution >= 4 is 34.9 Å². The third-order valence-electron chi connectivity index (χ3n) is 3.35. The predicted molar refractivity (Wildman–Crippen MR) is 92.8 cm³/mol. The first-order chi connectivity index (χ1) is 9.83. The number of rotatable bonds is 4. The number of thiazole rings is 1. The second-order valence-corrected chi connectivity index (χ2v) is 8.28. The zero-order chi connectivity index (χ0) is 13.8. The Balaban J connectivity index is 1.65. The molecule has 0 aliphatic carbocycles. The number of hydrogen-bond donors (Lipinski definition) is 1. The van der Waals surface area contributed by atoms with Crippen molar-refractivity contribution in [3.8, 4) is 11.3 Å². The zero-order valence-corrected chi connectivity index (χ0v) is 13.6. The van der Waals surface area contributed by atoms with Crippen LogP contribution in [0.4, 0.5) is 0 Å². The minimum Gasteiger partial charge on any atom is -0.326 e. The number of aromatic nitrogens is 1. The minimum absolute atomic E-state index is 0.225. The summed E-state index contributed by atoms with van der Waals surface area (Å²) in [5, 5.41) is 3.88. The van der Waals surface area contributed by atoms with Crippen molar-refractivity contribution in [2.45, 2.75) is 17.7 Å². The Bertz CT molecular complexity index is 535. The summed E-state index contributed by atoms with van der Waals surface area (Å²) in [6.45, 7) is 0. The molecule has 2 unspecified atom stereocenters. The maximum absolute atomic E-state index is 6.36. The van der Waals surface area contributed by atoms with E-state index in [-0.39, 0.29) is 6.04 Å². The van der Waals surface area contributed by atoms with Crippen molar-refractivity contribution in [1.82, 2.24) is 4.98 Å². The maximum atomic E-state index is 6.36. The largest absolute Gasteiger partial charge is 0.326 e. The van der Waals surface area contributed by atoms with Crippen LogP contribution in [-0.2, 0) is 6.42 Å². The lowest BCUT2D eigenvalue weighted by atomic mass is 10.1. The molecule has 0 radical (unpaired) electrons. The highest BCUT2D eigenvalue weighted by atomic mass is 32.2. The van der Waals surface area contributed by atoms with E-state index in [1.807, 2.05) is 29.6 Å². The zero-order valence-electron chi connectivity index (χ0n) is 11.2. The van der Waals surface area contributed by atoms with Crippen LogP contribution in [0.25, 0.3) is 11.3 Å². The summed E-state index contributed by atoms with van der Waals surface area (Å²) in [7, 11) is 0. The molecule has 2 nitrogen and oxygen atoms in total. The van der Waals surface area contributed by atoms with Crippen LogP contribution in [0.5, 0.6) is 0 Å². The monoisotopic (exact) mass is 322 g/mol. The van der Waals surface area contributed by atoms with Gasteiger partial charge in [-0.2, -0.15) is 23.5 Å². The summed E-state index contributed by atoms with van der Waals surface area (Å²) in [5.74, 6) is 3.68. The fraction of sp³-hybridized carbons (Fsp3) is 0.400. The van der Waals surface area contributed by atoms with Crippen LogP contribution in [0.1, 0.15) is 5.01 Å². The van der Waals surface area contributed by atoms with Gasteiger partial charge >= 0.3 is 0 Å². The van der Waals surface area contributed by atoms with Gasteiger partial charge in [0.05, 0.1) is 10.7 Å². The molecule has 0 spiro atoms. The lowest BCUT2D eigenvalue weighted by Gasteiger charge is -2.26. The number of thioether (sulfide) groups is 2. The van der Waals surface area contributed by atoms with E-state index in [4.69, 9.17) is 10.7 Å². The predicted octanol–water partition coefficient (Wildman–Crippen LogP) is 3.53. The van der Waals surface area contributed by atoms with Gasteiger partial charge in [-0.3, -0.25) is 0 Å². The second-order valence-electron chi connectivity index (χ2n) is 4.84. The molecule has 2 atom stereocenters. The average molecular weight is 323 g/mol. The maximum Gasteiger partial charge on any atom is 0.0948 e. The van der Waals surface area contributed by atoms with Crippen LogP contribution in [0.3, 0.4) is 0 Å². The van der Waals surface area contributed by atoms with Crippen molar-refractivity contribution in [2.75, 3.05) is 17.3 Å². The molecule has 2 aromatic rings. The van der Waals surface area contributed by atoms with Crippen molar-refractivity contribution in [3.05, 3.63) is 40.7 Å². The molecule has 1 fully saturated rings. The van der Waals surface area contributed by atoms with Gasteiger partial charge in [0.2, 0.25) is 0 Å². The topological polar surface area (TPSA) is 38.9 Å². The van der Waals surface area contributed by atoms with Crippen LogP contribution in [-0.4, -0.2) is 33.5 Å². The van der Waals surface area contributed by atoms with Crippen LogP contribution < -0.4 is 5.73 Å². The van der Waals surface area contributed by atoms with Gasteiger partial charge in [0.15, 0.2) is 0 Å². The Labute approximate surface area is 132 Å². The molecule has 1 saturated heterocycles. The minimum atomic E-state index is 0.225. The van der Waals surface area contributed by atoms with Gasteiger partial charge in [0.25, 0.3) is 0 Å². The fourth-order valence-electron chi connectivity index (χ4n) is 2.23. The molecule has 20 heavy (non-hydrogen) atoms. The molecular weight excluding hydrogens is 304 g/mol. The molecule has 106 valence electrons. The van der Waals surface area contributed by atoms with E-state index < -0.39 is 0 Å². The molecule has 2 heterocycles. The van der Waals surface area contributed by atoms with Crippen molar-refractivity contribution < 1.29 is 0 Å². The van der Waals surface area contributed by atoms with Crippen molar-refractivity contribution in [2.24, 2.45) is 5.73 Å². The number of nitrogens with zero attached hydrogens (tertiary/aromatic N) is 1. The first-order valence-electron chi connectivity index (χ1n) is 6.77. The highest BCUT2D eigenvalue weighted by molar-refractivity contribution is 8.06. The first-order valence-corrected chi connectivity index (χ1v) is 9.86. The van der Waals surface area contributed by atoms with Crippen LogP contribution in [0.15, 0.2) is 35.7 Å². The lowest BCUT2D eigenvalue weighted by Crippen LogP contribution is -2.38. The Hall–Kier alpha value is -0.490. The van der Waals surface area contributed by atoms with Crippen LogP contribution >= 0.6 is 34.9 Å². The quantitative estimate of drug-likeness (QED) is 0.934. The summed E-state index contributed by atoms with van der Waals surface area (Å²) in [6.07, 6.45) is 0.899. The third kappa shape index (κ3) is 3.58. The Morgan fingerprint density at radius 1 is 1.25 bits per heavy atom. The molecule has 0 saturated carbocycles. The first kappa shape index (κ1) is 14.4. The molecule has 1 aromatic carbocycles. The van der Waals surface area contributed by atoms with Gasteiger partial charge in [-0.05, 0) is 0 Å². The van der Waals surface area contributed by atoms with E-state index in [9.17, 15) is 0 Å². The summed E-state index contributed by atoms with van der Waals surface area (Å²) in [4.78, 5) is 4.74. The standard InChI is InChI=1S/C15H18N2S3/c16-12(14-10-18-6-7-19-14)8-15-17-13(9-20-15)11-4-2-1-3-5-11/h1-5,9,12,14H,6-8,10,16H2. The highest BCUT2D eigenvalue weighted by Gasteiger charge is 2.22. The Kier molecular flexibility index (Phi) is 5.04. The van der Waals surface area contributed by atoms with Gasteiger partial charge in [-0.1, -0.05) is 30.3 Å². The van der Waals surface area contributed by atoms with Crippen LogP contribution in [0, 0.1) is 0 Å². The van der Waals surface area contributed by atoms with E-state index in [0.717, 1.165) is 17.1 Å². The molecule has 5 heteroatoms. The van der Waals surface area contributed by atoms with E-state index in [1.54, 1.807) is 11.3 Å². The van der Waals surface area contributed by atoms with E-state index in [0.29, 0.717) is 5.25 Å². The van der Waals surface area contributed by atoms with Gasteiger partial charge < -0.3 is 5.73 Å². The number of benzene rings is 1. The van der Waals surface area contributed by atoms with Gasteiger partial charge in [0.1, 0.15) is 0 Å². The smallest absolute Gasteiger partial charge is 0.0948 e. The third-order valence-corrected chi connectivity index (χ3v) is 7.16. The summed E-state index contributed by atoms with van der Waals surface area (Å²) >= 11 is 5.78. The molecule has 2 N–H and O–H groups in total. The Morgan fingerprint density at radius 2 is 2.10 bits per heavy atom. The molecule has 1 aliphatic rings. The normalized spacial score (nSPS) is 20.8. The summed E-state index contributed by atoms with van der Waals surface area (Å²) in [6, 6.07) is 10.6. The van der Waals surface area contributed by atoms with E-state index >= 15 is 0 Å². The van der Waals surface area contributed by atoms with Gasteiger partial charge in [0, 0.05) is 45.9 Å². The molecule has 0 amide bonds.